The summed E-state index contributed by atoms with van der Waals surface area (Å²) in [6.07, 6.45) is 0.0899. The molecule has 0 unspecified atom stereocenters. The molecule has 1 N–H and O–H groups in total. The highest BCUT2D eigenvalue weighted by atomic mass is 32.2. The summed E-state index contributed by atoms with van der Waals surface area (Å²) in [7, 11) is 1.53. The van der Waals surface area contributed by atoms with E-state index in [4.69, 9.17) is 14.2 Å². The largest absolute Gasteiger partial charge is 0.493 e. The van der Waals surface area contributed by atoms with E-state index in [0.29, 0.717) is 46.9 Å². The lowest BCUT2D eigenvalue weighted by atomic mass is 10.1. The standard InChI is InChI=1S/C29H31F2NO5S/c1-6-36-27(33)12-18-7-9-25(35-5)26(11-18)37-24-10-8-23(15-20(24)17-38-29(2,3)4)32-28(34)19-13-21(30)16-22(31)14-19/h7-11,13-16H,6,12,17H2,1-5H3,(H,32,34). The van der Waals surface area contributed by atoms with Gasteiger partial charge in [0.05, 0.1) is 20.1 Å². The molecule has 0 aliphatic carbocycles. The maximum absolute atomic E-state index is 13.6. The molecule has 202 valence electrons. The van der Waals surface area contributed by atoms with Crippen LogP contribution in [0, 0.1) is 11.6 Å². The summed E-state index contributed by atoms with van der Waals surface area (Å²) in [5.41, 5.74) is 1.80. The number of esters is 1. The van der Waals surface area contributed by atoms with E-state index in [9.17, 15) is 18.4 Å². The summed E-state index contributed by atoms with van der Waals surface area (Å²) >= 11 is 1.68. The third kappa shape index (κ3) is 8.48. The van der Waals surface area contributed by atoms with Crippen molar-refractivity contribution in [2.75, 3.05) is 19.0 Å². The molecule has 0 atom stereocenters. The lowest BCUT2D eigenvalue weighted by molar-refractivity contribution is -0.142. The molecule has 3 aromatic carbocycles. The summed E-state index contributed by atoms with van der Waals surface area (Å²) in [4.78, 5) is 24.6. The van der Waals surface area contributed by atoms with Crippen LogP contribution >= 0.6 is 11.8 Å². The zero-order valence-electron chi connectivity index (χ0n) is 22.0. The van der Waals surface area contributed by atoms with E-state index in [1.165, 1.54) is 7.11 Å². The summed E-state index contributed by atoms with van der Waals surface area (Å²) in [6.45, 7) is 8.31. The summed E-state index contributed by atoms with van der Waals surface area (Å²) in [5.74, 6) is -0.657. The van der Waals surface area contributed by atoms with Crippen molar-refractivity contribution in [2.24, 2.45) is 0 Å². The SMILES string of the molecule is CCOC(=O)Cc1ccc(OC)c(Oc2ccc(NC(=O)c3cc(F)cc(F)c3)cc2CSC(C)(C)C)c1. The summed E-state index contributed by atoms with van der Waals surface area (Å²) in [5, 5.41) is 2.69. The van der Waals surface area contributed by atoms with Gasteiger partial charge in [0.1, 0.15) is 17.4 Å². The minimum absolute atomic E-state index is 0.0487. The Morgan fingerprint density at radius 1 is 0.921 bits per heavy atom. The first-order valence-corrected chi connectivity index (χ1v) is 13.0. The third-order valence-electron chi connectivity index (χ3n) is 5.21. The molecule has 1 amide bonds. The van der Waals surface area contributed by atoms with E-state index < -0.39 is 17.5 Å². The van der Waals surface area contributed by atoms with Crippen molar-refractivity contribution in [3.8, 4) is 17.2 Å². The number of carbonyl (C=O) groups is 2. The van der Waals surface area contributed by atoms with Crippen LogP contribution in [-0.2, 0) is 21.7 Å². The highest BCUT2D eigenvalue weighted by Crippen LogP contribution is 2.38. The molecule has 38 heavy (non-hydrogen) atoms. The molecule has 0 bridgehead atoms. The number of thioether (sulfide) groups is 1. The number of amides is 1. The Morgan fingerprint density at radius 3 is 2.24 bits per heavy atom. The van der Waals surface area contributed by atoms with E-state index >= 15 is 0 Å². The number of rotatable bonds is 10. The minimum Gasteiger partial charge on any atom is -0.493 e. The number of carbonyl (C=O) groups excluding carboxylic acids is 2. The zero-order chi connectivity index (χ0) is 27.9. The van der Waals surface area contributed by atoms with Crippen LogP contribution < -0.4 is 14.8 Å². The smallest absolute Gasteiger partial charge is 0.310 e. The number of nitrogens with one attached hydrogen (secondary N) is 1. The lowest BCUT2D eigenvalue weighted by Gasteiger charge is -2.20. The Balaban J connectivity index is 1.91. The Morgan fingerprint density at radius 2 is 1.61 bits per heavy atom. The van der Waals surface area contributed by atoms with Gasteiger partial charge in [0.15, 0.2) is 11.5 Å². The number of hydrogen-bond donors (Lipinski definition) is 1. The highest BCUT2D eigenvalue weighted by molar-refractivity contribution is 7.99. The number of anilines is 1. The molecule has 3 aromatic rings. The molecule has 0 aliphatic heterocycles. The molecule has 0 fully saturated rings. The highest BCUT2D eigenvalue weighted by Gasteiger charge is 2.17. The average molecular weight is 544 g/mol. The Bertz CT molecular complexity index is 1290. The molecule has 0 heterocycles. The molecule has 0 saturated carbocycles. The molecule has 0 saturated heterocycles. The van der Waals surface area contributed by atoms with Crippen LogP contribution in [0.5, 0.6) is 17.2 Å². The Hall–Kier alpha value is -3.59. The number of halogens is 2. The van der Waals surface area contributed by atoms with Crippen molar-refractivity contribution in [1.82, 2.24) is 0 Å². The minimum atomic E-state index is -0.833. The van der Waals surface area contributed by atoms with Crippen LogP contribution in [0.1, 0.15) is 49.2 Å². The van der Waals surface area contributed by atoms with Gasteiger partial charge in [0.2, 0.25) is 0 Å². The Kier molecular flexibility index (Phi) is 9.74. The monoisotopic (exact) mass is 543 g/mol. The number of hydrogen-bond acceptors (Lipinski definition) is 6. The Labute approximate surface area is 225 Å². The van der Waals surface area contributed by atoms with Crippen molar-refractivity contribution in [3.05, 3.63) is 82.9 Å². The number of benzene rings is 3. The van der Waals surface area contributed by atoms with Gasteiger partial charge in [-0.3, -0.25) is 9.59 Å². The van der Waals surface area contributed by atoms with Gasteiger partial charge in [0.25, 0.3) is 5.91 Å². The fourth-order valence-electron chi connectivity index (χ4n) is 3.46. The molecule has 6 nitrogen and oxygen atoms in total. The second kappa shape index (κ2) is 12.8. The van der Waals surface area contributed by atoms with Gasteiger partial charge in [-0.1, -0.05) is 26.8 Å². The zero-order valence-corrected chi connectivity index (χ0v) is 22.8. The maximum atomic E-state index is 13.6. The first-order chi connectivity index (χ1) is 18.0. The van der Waals surface area contributed by atoms with E-state index in [2.05, 4.69) is 26.1 Å². The van der Waals surface area contributed by atoms with Gasteiger partial charge >= 0.3 is 5.97 Å². The molecule has 0 aliphatic rings. The van der Waals surface area contributed by atoms with E-state index in [0.717, 1.165) is 17.7 Å². The van der Waals surface area contributed by atoms with Gasteiger partial charge in [-0.05, 0) is 55.0 Å². The van der Waals surface area contributed by atoms with Crippen molar-refractivity contribution < 1.29 is 32.6 Å². The van der Waals surface area contributed by atoms with E-state index in [-0.39, 0.29) is 22.7 Å². The van der Waals surface area contributed by atoms with Crippen LogP contribution in [0.3, 0.4) is 0 Å². The fourth-order valence-corrected chi connectivity index (χ4v) is 4.27. The van der Waals surface area contributed by atoms with Crippen molar-refractivity contribution in [3.63, 3.8) is 0 Å². The molecular weight excluding hydrogens is 512 g/mol. The predicted octanol–water partition coefficient (Wildman–Crippen LogP) is 7.16. The van der Waals surface area contributed by atoms with Crippen LogP contribution in [-0.4, -0.2) is 30.3 Å². The quantitative estimate of drug-likeness (QED) is 0.274. The summed E-state index contributed by atoms with van der Waals surface area (Å²) in [6, 6.07) is 13.0. The second-order valence-corrected chi connectivity index (χ2v) is 11.2. The van der Waals surface area contributed by atoms with Crippen molar-refractivity contribution in [1.29, 1.82) is 0 Å². The number of ether oxygens (including phenoxy) is 3. The van der Waals surface area contributed by atoms with E-state index in [1.807, 2.05) is 0 Å². The lowest BCUT2D eigenvalue weighted by Crippen LogP contribution is -2.13. The van der Waals surface area contributed by atoms with Gasteiger partial charge < -0.3 is 19.5 Å². The normalized spacial score (nSPS) is 11.1. The molecule has 9 heteroatoms. The molecule has 0 aromatic heterocycles. The molecule has 3 rings (SSSR count). The van der Waals surface area contributed by atoms with Crippen LogP contribution in [0.4, 0.5) is 14.5 Å². The van der Waals surface area contributed by atoms with Crippen LogP contribution in [0.2, 0.25) is 0 Å². The van der Waals surface area contributed by atoms with E-state index in [1.54, 1.807) is 55.1 Å². The first kappa shape index (κ1) is 29.0. The first-order valence-electron chi connectivity index (χ1n) is 12.0. The number of methoxy groups -OCH3 is 1. The van der Waals surface area contributed by atoms with Gasteiger partial charge in [0, 0.05) is 33.4 Å². The topological polar surface area (TPSA) is 73.9 Å². The van der Waals surface area contributed by atoms with Gasteiger partial charge in [-0.2, -0.15) is 11.8 Å². The fraction of sp³-hybridized carbons (Fsp3) is 0.310. The van der Waals surface area contributed by atoms with Crippen LogP contribution in [0.25, 0.3) is 0 Å². The maximum Gasteiger partial charge on any atom is 0.310 e. The van der Waals surface area contributed by atoms with Crippen molar-refractivity contribution >= 4 is 29.3 Å². The predicted molar refractivity (Wildman–Crippen MR) is 145 cm³/mol. The molecule has 0 radical (unpaired) electrons. The van der Waals surface area contributed by atoms with Gasteiger partial charge in [-0.25, -0.2) is 8.78 Å². The molecule has 0 spiro atoms. The second-order valence-electron chi connectivity index (χ2n) is 9.40. The summed E-state index contributed by atoms with van der Waals surface area (Å²) < 4.78 is 43.9. The van der Waals surface area contributed by atoms with Crippen molar-refractivity contribution in [2.45, 2.75) is 44.6 Å². The van der Waals surface area contributed by atoms with Crippen LogP contribution in [0.15, 0.2) is 54.6 Å². The average Bonchev–Trinajstić information content (AvgIpc) is 2.83. The molecular formula is C29H31F2NO5S. The third-order valence-corrected chi connectivity index (χ3v) is 6.53. The van der Waals surface area contributed by atoms with Gasteiger partial charge in [-0.15, -0.1) is 0 Å².